The minimum absolute atomic E-state index is 0.493. The SMILES string of the molecule is Cc1ccc(Oc2ccc(-c3noc(-c4ccc(Br)cc4)n3)cc2)cc1. The first-order chi connectivity index (χ1) is 12.7. The average Bonchev–Trinajstić information content (AvgIpc) is 3.15. The second-order valence-corrected chi connectivity index (χ2v) is 6.79. The maximum atomic E-state index is 5.84. The lowest BCUT2D eigenvalue weighted by atomic mass is 10.2. The van der Waals surface area contributed by atoms with Gasteiger partial charge in [-0.15, -0.1) is 0 Å². The molecular formula is C21H15BrN2O2. The number of hydrogen-bond acceptors (Lipinski definition) is 4. The van der Waals surface area contributed by atoms with Gasteiger partial charge >= 0.3 is 0 Å². The van der Waals surface area contributed by atoms with Gasteiger partial charge in [0, 0.05) is 15.6 Å². The van der Waals surface area contributed by atoms with Gasteiger partial charge in [-0.1, -0.05) is 38.8 Å². The molecule has 0 fully saturated rings. The number of aryl methyl sites for hydroxylation is 1. The maximum Gasteiger partial charge on any atom is 0.258 e. The highest BCUT2D eigenvalue weighted by Gasteiger charge is 2.10. The van der Waals surface area contributed by atoms with Crippen molar-refractivity contribution in [3.8, 4) is 34.3 Å². The van der Waals surface area contributed by atoms with E-state index in [4.69, 9.17) is 9.26 Å². The molecule has 1 aromatic heterocycles. The summed E-state index contributed by atoms with van der Waals surface area (Å²) in [4.78, 5) is 4.47. The molecule has 0 N–H and O–H groups in total. The van der Waals surface area contributed by atoms with Crippen LogP contribution in [-0.4, -0.2) is 10.1 Å². The van der Waals surface area contributed by atoms with Crippen molar-refractivity contribution in [1.29, 1.82) is 0 Å². The molecule has 0 atom stereocenters. The van der Waals surface area contributed by atoms with E-state index in [0.29, 0.717) is 11.7 Å². The van der Waals surface area contributed by atoms with Gasteiger partial charge in [-0.25, -0.2) is 0 Å². The molecule has 0 aliphatic heterocycles. The van der Waals surface area contributed by atoms with Crippen molar-refractivity contribution in [2.45, 2.75) is 6.92 Å². The van der Waals surface area contributed by atoms with Crippen molar-refractivity contribution in [3.05, 3.63) is 82.8 Å². The zero-order valence-electron chi connectivity index (χ0n) is 14.0. The van der Waals surface area contributed by atoms with Crippen LogP contribution in [0.25, 0.3) is 22.8 Å². The van der Waals surface area contributed by atoms with Gasteiger partial charge in [0.05, 0.1) is 0 Å². The van der Waals surface area contributed by atoms with Crippen molar-refractivity contribution < 1.29 is 9.26 Å². The van der Waals surface area contributed by atoms with Crippen LogP contribution in [0.2, 0.25) is 0 Å². The van der Waals surface area contributed by atoms with Gasteiger partial charge in [0.2, 0.25) is 5.82 Å². The summed E-state index contributed by atoms with van der Waals surface area (Å²) in [6.07, 6.45) is 0. The summed E-state index contributed by atoms with van der Waals surface area (Å²) < 4.78 is 12.2. The van der Waals surface area contributed by atoms with E-state index in [1.165, 1.54) is 5.56 Å². The fourth-order valence-electron chi connectivity index (χ4n) is 2.46. The topological polar surface area (TPSA) is 48.2 Å². The van der Waals surface area contributed by atoms with Crippen LogP contribution in [0.4, 0.5) is 0 Å². The van der Waals surface area contributed by atoms with E-state index in [-0.39, 0.29) is 0 Å². The van der Waals surface area contributed by atoms with Gasteiger partial charge in [-0.05, 0) is 67.6 Å². The van der Waals surface area contributed by atoms with Crippen LogP contribution in [-0.2, 0) is 0 Å². The first-order valence-electron chi connectivity index (χ1n) is 8.12. The first-order valence-corrected chi connectivity index (χ1v) is 8.91. The fourth-order valence-corrected chi connectivity index (χ4v) is 2.73. The number of aromatic nitrogens is 2. The lowest BCUT2D eigenvalue weighted by Crippen LogP contribution is -1.85. The molecule has 0 radical (unpaired) electrons. The quantitative estimate of drug-likeness (QED) is 0.400. The van der Waals surface area contributed by atoms with E-state index in [2.05, 4.69) is 26.1 Å². The first kappa shape index (κ1) is 16.5. The largest absolute Gasteiger partial charge is 0.457 e. The minimum Gasteiger partial charge on any atom is -0.457 e. The Balaban J connectivity index is 1.52. The third-order valence-electron chi connectivity index (χ3n) is 3.89. The van der Waals surface area contributed by atoms with Crippen LogP contribution in [0, 0.1) is 6.92 Å². The van der Waals surface area contributed by atoms with Crippen LogP contribution in [0.3, 0.4) is 0 Å². The number of ether oxygens (including phenoxy) is 1. The zero-order chi connectivity index (χ0) is 17.9. The molecule has 26 heavy (non-hydrogen) atoms. The van der Waals surface area contributed by atoms with Crippen LogP contribution in [0.5, 0.6) is 11.5 Å². The molecule has 128 valence electrons. The molecule has 4 nitrogen and oxygen atoms in total. The predicted octanol–water partition coefficient (Wildman–Crippen LogP) is 6.27. The summed E-state index contributed by atoms with van der Waals surface area (Å²) in [6, 6.07) is 23.3. The summed E-state index contributed by atoms with van der Waals surface area (Å²) in [5, 5.41) is 4.07. The lowest BCUT2D eigenvalue weighted by molar-refractivity contribution is 0.432. The highest BCUT2D eigenvalue weighted by Crippen LogP contribution is 2.27. The Morgan fingerprint density at radius 3 is 2.00 bits per heavy atom. The Hall–Kier alpha value is -2.92. The predicted molar refractivity (Wildman–Crippen MR) is 104 cm³/mol. The Labute approximate surface area is 159 Å². The fraction of sp³-hybridized carbons (Fsp3) is 0.0476. The summed E-state index contributed by atoms with van der Waals surface area (Å²) in [6.45, 7) is 2.05. The van der Waals surface area contributed by atoms with Gasteiger partial charge in [-0.2, -0.15) is 4.98 Å². The van der Waals surface area contributed by atoms with Crippen LogP contribution < -0.4 is 4.74 Å². The number of rotatable bonds is 4. The molecule has 0 spiro atoms. The molecule has 4 aromatic rings. The second-order valence-electron chi connectivity index (χ2n) is 5.87. The molecule has 0 aliphatic carbocycles. The molecule has 0 saturated carbocycles. The molecule has 0 amide bonds. The average molecular weight is 407 g/mol. The monoisotopic (exact) mass is 406 g/mol. The highest BCUT2D eigenvalue weighted by molar-refractivity contribution is 9.10. The molecule has 5 heteroatoms. The van der Waals surface area contributed by atoms with E-state index in [9.17, 15) is 0 Å². The van der Waals surface area contributed by atoms with Crippen LogP contribution in [0.15, 0.2) is 81.8 Å². The number of hydrogen-bond donors (Lipinski definition) is 0. The van der Waals surface area contributed by atoms with Crippen molar-refractivity contribution in [2.75, 3.05) is 0 Å². The Morgan fingerprint density at radius 1 is 0.769 bits per heavy atom. The standard InChI is InChI=1S/C21H15BrN2O2/c1-14-2-10-18(11-3-14)25-19-12-6-15(7-13-19)20-23-21(26-24-20)16-4-8-17(22)9-5-16/h2-13H,1H3. The van der Waals surface area contributed by atoms with Crippen LogP contribution in [0.1, 0.15) is 5.56 Å². The second kappa shape index (κ2) is 7.14. The number of halogens is 1. The van der Waals surface area contributed by atoms with Gasteiger partial charge in [0.15, 0.2) is 0 Å². The van der Waals surface area contributed by atoms with E-state index in [1.54, 1.807) is 0 Å². The van der Waals surface area contributed by atoms with E-state index < -0.39 is 0 Å². The van der Waals surface area contributed by atoms with Crippen molar-refractivity contribution in [1.82, 2.24) is 10.1 Å². The van der Waals surface area contributed by atoms with Gasteiger partial charge in [0.1, 0.15) is 11.5 Å². The van der Waals surface area contributed by atoms with E-state index in [0.717, 1.165) is 27.1 Å². The Morgan fingerprint density at radius 2 is 1.35 bits per heavy atom. The lowest BCUT2D eigenvalue weighted by Gasteiger charge is -2.06. The smallest absolute Gasteiger partial charge is 0.258 e. The molecule has 1 heterocycles. The molecule has 0 aliphatic rings. The summed E-state index contributed by atoms with van der Waals surface area (Å²) in [5.74, 6) is 2.60. The molecule has 3 aromatic carbocycles. The molecule has 4 rings (SSSR count). The van der Waals surface area contributed by atoms with Gasteiger partial charge in [-0.3, -0.25) is 0 Å². The third kappa shape index (κ3) is 3.68. The van der Waals surface area contributed by atoms with Gasteiger partial charge in [0.25, 0.3) is 5.89 Å². The maximum absolute atomic E-state index is 5.84. The zero-order valence-corrected chi connectivity index (χ0v) is 15.6. The Kier molecular flexibility index (Phi) is 4.54. The van der Waals surface area contributed by atoms with E-state index in [1.807, 2.05) is 79.7 Å². The highest BCUT2D eigenvalue weighted by atomic mass is 79.9. The molecule has 0 saturated heterocycles. The summed E-state index contributed by atoms with van der Waals surface area (Å²) in [5.41, 5.74) is 2.95. The van der Waals surface area contributed by atoms with E-state index >= 15 is 0 Å². The molecule has 0 unspecified atom stereocenters. The van der Waals surface area contributed by atoms with Crippen molar-refractivity contribution >= 4 is 15.9 Å². The van der Waals surface area contributed by atoms with Crippen molar-refractivity contribution in [2.24, 2.45) is 0 Å². The normalized spacial score (nSPS) is 10.7. The summed E-state index contributed by atoms with van der Waals surface area (Å²) >= 11 is 3.42. The minimum atomic E-state index is 0.493. The third-order valence-corrected chi connectivity index (χ3v) is 4.42. The number of benzene rings is 3. The summed E-state index contributed by atoms with van der Waals surface area (Å²) in [7, 11) is 0. The number of nitrogens with zero attached hydrogens (tertiary/aromatic N) is 2. The van der Waals surface area contributed by atoms with Gasteiger partial charge < -0.3 is 9.26 Å². The molecule has 0 bridgehead atoms. The van der Waals surface area contributed by atoms with Crippen molar-refractivity contribution in [3.63, 3.8) is 0 Å². The van der Waals surface area contributed by atoms with Crippen LogP contribution >= 0.6 is 15.9 Å². The Bertz CT molecular complexity index is 1010. The molecular weight excluding hydrogens is 392 g/mol.